The molecular formula is C16H24N4S. The fourth-order valence-corrected chi connectivity index (χ4v) is 4.57. The Balaban J connectivity index is 1.99. The molecule has 1 unspecified atom stereocenters. The molecule has 0 spiro atoms. The van der Waals surface area contributed by atoms with E-state index in [2.05, 4.69) is 29.8 Å². The van der Waals surface area contributed by atoms with E-state index in [0.717, 1.165) is 31.7 Å². The normalized spacial score (nSPS) is 23.9. The number of hydrogen-bond donors (Lipinski definition) is 1. The average molecular weight is 304 g/mol. The molecule has 1 aliphatic carbocycles. The van der Waals surface area contributed by atoms with Crippen LogP contribution >= 0.6 is 11.3 Å². The van der Waals surface area contributed by atoms with Crippen LogP contribution in [-0.2, 0) is 0 Å². The van der Waals surface area contributed by atoms with Gasteiger partial charge in [0.1, 0.15) is 10.9 Å². The number of hydrogen-bond acceptors (Lipinski definition) is 5. The van der Waals surface area contributed by atoms with Gasteiger partial charge < -0.3 is 15.5 Å². The number of likely N-dealkylation sites (N-methyl/N-ethyl adjacent to an activating group) is 1. The van der Waals surface area contributed by atoms with Gasteiger partial charge in [0, 0.05) is 24.7 Å². The molecule has 2 fully saturated rings. The zero-order chi connectivity index (χ0) is 15.0. The van der Waals surface area contributed by atoms with Crippen LogP contribution in [0.5, 0.6) is 0 Å². The lowest BCUT2D eigenvalue weighted by atomic mass is 10.1. The third-order valence-electron chi connectivity index (χ3n) is 4.69. The first-order chi connectivity index (χ1) is 10.2. The molecule has 1 aromatic heterocycles. The molecule has 2 heterocycles. The van der Waals surface area contributed by atoms with Crippen molar-refractivity contribution in [3.8, 4) is 6.07 Å². The molecule has 21 heavy (non-hydrogen) atoms. The van der Waals surface area contributed by atoms with Gasteiger partial charge in [0.15, 0.2) is 0 Å². The van der Waals surface area contributed by atoms with Gasteiger partial charge in [-0.3, -0.25) is 0 Å². The molecule has 4 nitrogen and oxygen atoms in total. The summed E-state index contributed by atoms with van der Waals surface area (Å²) in [4.78, 5) is 5.67. The molecule has 0 aromatic carbocycles. The molecule has 3 rings (SSSR count). The summed E-state index contributed by atoms with van der Waals surface area (Å²) in [5, 5.41) is 10.6. The number of nitrogens with two attached hydrogens (primary N) is 1. The maximum Gasteiger partial charge on any atom is 0.130 e. The van der Waals surface area contributed by atoms with Crippen molar-refractivity contribution < 1.29 is 0 Å². The number of nitriles is 1. The van der Waals surface area contributed by atoms with Gasteiger partial charge in [0.2, 0.25) is 0 Å². The highest BCUT2D eigenvalue weighted by Crippen LogP contribution is 2.52. The van der Waals surface area contributed by atoms with Gasteiger partial charge in [-0.1, -0.05) is 6.92 Å². The minimum atomic E-state index is 0.527. The highest BCUT2D eigenvalue weighted by Gasteiger charge is 2.35. The molecule has 114 valence electrons. The van der Waals surface area contributed by atoms with Crippen LogP contribution in [0.25, 0.3) is 0 Å². The summed E-state index contributed by atoms with van der Waals surface area (Å²) in [6, 6.07) is 2.82. The van der Waals surface area contributed by atoms with Gasteiger partial charge in [-0.2, -0.15) is 5.26 Å². The maximum absolute atomic E-state index is 9.33. The minimum Gasteiger partial charge on any atom is -0.397 e. The number of nitrogens with zero attached hydrogens (tertiary/aromatic N) is 3. The summed E-state index contributed by atoms with van der Waals surface area (Å²) in [5.41, 5.74) is 8.30. The van der Waals surface area contributed by atoms with Crippen molar-refractivity contribution >= 4 is 22.0 Å². The molecule has 2 N–H and O–H groups in total. The second-order valence-corrected chi connectivity index (χ2v) is 7.32. The molecule has 1 saturated carbocycles. The van der Waals surface area contributed by atoms with E-state index in [-0.39, 0.29) is 0 Å². The molecule has 0 amide bonds. The SMILES string of the molecule is CCC1CN(C)CCCN1c1sc(C#N)c(N)c1C1CC1. The van der Waals surface area contributed by atoms with Crippen molar-refractivity contribution in [1.29, 1.82) is 5.26 Å². The van der Waals surface area contributed by atoms with Gasteiger partial charge >= 0.3 is 0 Å². The fourth-order valence-electron chi connectivity index (χ4n) is 3.37. The van der Waals surface area contributed by atoms with Gasteiger partial charge in [-0.05, 0) is 45.2 Å². The van der Waals surface area contributed by atoms with Crippen LogP contribution in [0.4, 0.5) is 10.7 Å². The van der Waals surface area contributed by atoms with Gasteiger partial charge in [-0.25, -0.2) is 0 Å². The lowest BCUT2D eigenvalue weighted by molar-refractivity contribution is 0.328. The first-order valence-electron chi connectivity index (χ1n) is 7.93. The first-order valence-corrected chi connectivity index (χ1v) is 8.74. The number of nitrogen functional groups attached to an aromatic ring is 1. The van der Waals surface area contributed by atoms with Crippen LogP contribution in [0.1, 0.15) is 49.0 Å². The van der Waals surface area contributed by atoms with Crippen LogP contribution < -0.4 is 10.6 Å². The Morgan fingerprint density at radius 2 is 2.14 bits per heavy atom. The molecule has 2 aliphatic rings. The predicted octanol–water partition coefficient (Wildman–Crippen LogP) is 3.00. The van der Waals surface area contributed by atoms with E-state index in [0.29, 0.717) is 16.8 Å². The largest absolute Gasteiger partial charge is 0.397 e. The monoisotopic (exact) mass is 304 g/mol. The van der Waals surface area contributed by atoms with Crippen LogP contribution in [0, 0.1) is 11.3 Å². The summed E-state index contributed by atoms with van der Waals surface area (Å²) in [6.45, 7) is 5.58. The van der Waals surface area contributed by atoms with Gasteiger partial charge in [0.05, 0.1) is 10.7 Å². The van der Waals surface area contributed by atoms with Crippen molar-refractivity contribution in [2.24, 2.45) is 0 Å². The lowest BCUT2D eigenvalue weighted by Gasteiger charge is -2.32. The Labute approximate surface area is 131 Å². The molecule has 0 radical (unpaired) electrons. The van der Waals surface area contributed by atoms with Gasteiger partial charge in [0.25, 0.3) is 0 Å². The smallest absolute Gasteiger partial charge is 0.130 e. The number of thiophene rings is 1. The summed E-state index contributed by atoms with van der Waals surface area (Å²) in [6.07, 6.45) is 4.76. The summed E-state index contributed by atoms with van der Waals surface area (Å²) in [7, 11) is 2.21. The third kappa shape index (κ3) is 2.75. The molecule has 0 bridgehead atoms. The van der Waals surface area contributed by atoms with E-state index >= 15 is 0 Å². The predicted molar refractivity (Wildman–Crippen MR) is 89.0 cm³/mol. The molecule has 1 saturated heterocycles. The molecule has 1 atom stereocenters. The summed E-state index contributed by atoms with van der Waals surface area (Å²) < 4.78 is 0. The fraction of sp³-hybridized carbons (Fsp3) is 0.688. The molecular weight excluding hydrogens is 280 g/mol. The van der Waals surface area contributed by atoms with E-state index in [9.17, 15) is 5.26 Å². The number of anilines is 2. The van der Waals surface area contributed by atoms with Gasteiger partial charge in [-0.15, -0.1) is 11.3 Å². The van der Waals surface area contributed by atoms with Crippen LogP contribution in [0.3, 0.4) is 0 Å². The molecule has 1 aliphatic heterocycles. The van der Waals surface area contributed by atoms with E-state index in [1.807, 2.05) is 0 Å². The standard InChI is InChI=1S/C16H24N4S/c1-3-12-10-19(2)7-4-8-20(12)16-14(11-5-6-11)15(18)13(9-17)21-16/h11-12H,3-8,10,18H2,1-2H3. The highest BCUT2D eigenvalue weighted by atomic mass is 32.1. The summed E-state index contributed by atoms with van der Waals surface area (Å²) >= 11 is 1.61. The van der Waals surface area contributed by atoms with Crippen molar-refractivity contribution in [2.45, 2.75) is 44.6 Å². The third-order valence-corrected chi connectivity index (χ3v) is 5.85. The van der Waals surface area contributed by atoms with E-state index in [1.54, 1.807) is 11.3 Å². The topological polar surface area (TPSA) is 56.3 Å². The second-order valence-electron chi connectivity index (χ2n) is 6.32. The Bertz CT molecular complexity index is 555. The Morgan fingerprint density at radius 1 is 1.38 bits per heavy atom. The van der Waals surface area contributed by atoms with Crippen LogP contribution in [-0.4, -0.2) is 37.6 Å². The van der Waals surface area contributed by atoms with Crippen molar-refractivity contribution in [2.75, 3.05) is 37.3 Å². The van der Waals surface area contributed by atoms with E-state index in [4.69, 9.17) is 5.73 Å². The van der Waals surface area contributed by atoms with Crippen molar-refractivity contribution in [3.05, 3.63) is 10.4 Å². The summed E-state index contributed by atoms with van der Waals surface area (Å²) in [5.74, 6) is 0.594. The maximum atomic E-state index is 9.33. The Morgan fingerprint density at radius 3 is 2.76 bits per heavy atom. The lowest BCUT2D eigenvalue weighted by Crippen LogP contribution is -2.39. The minimum absolute atomic E-state index is 0.527. The van der Waals surface area contributed by atoms with Crippen molar-refractivity contribution in [1.82, 2.24) is 4.90 Å². The van der Waals surface area contributed by atoms with Crippen LogP contribution in [0.2, 0.25) is 0 Å². The zero-order valence-corrected chi connectivity index (χ0v) is 13.7. The van der Waals surface area contributed by atoms with E-state index in [1.165, 1.54) is 29.8 Å². The van der Waals surface area contributed by atoms with Crippen molar-refractivity contribution in [3.63, 3.8) is 0 Å². The number of rotatable bonds is 3. The van der Waals surface area contributed by atoms with E-state index < -0.39 is 0 Å². The Hall–Kier alpha value is -1.25. The quantitative estimate of drug-likeness (QED) is 0.932. The zero-order valence-electron chi connectivity index (χ0n) is 12.9. The molecule has 1 aromatic rings. The second kappa shape index (κ2) is 5.86. The molecule has 5 heteroatoms. The van der Waals surface area contributed by atoms with Crippen LogP contribution in [0.15, 0.2) is 0 Å². The first kappa shape index (κ1) is 14.7. The average Bonchev–Trinajstić information content (AvgIpc) is 3.27. The Kier molecular flexibility index (Phi) is 4.10. The highest BCUT2D eigenvalue weighted by molar-refractivity contribution is 7.17.